The van der Waals surface area contributed by atoms with Crippen LogP contribution in [0.4, 0.5) is 0 Å². The molecule has 0 rings (SSSR count). The predicted octanol–water partition coefficient (Wildman–Crippen LogP) is -0.119. The second kappa shape index (κ2) is 8.52. The maximum absolute atomic E-state index is 11.5. The number of carboxylic acid groups (broad SMARTS) is 1. The van der Waals surface area contributed by atoms with Gasteiger partial charge in [0.1, 0.15) is 6.04 Å². The summed E-state index contributed by atoms with van der Waals surface area (Å²) < 4.78 is 0. The Morgan fingerprint density at radius 2 is 1.80 bits per heavy atom. The zero-order valence-electron chi connectivity index (χ0n) is 12.2. The van der Waals surface area contributed by atoms with E-state index in [1.165, 1.54) is 0 Å². The van der Waals surface area contributed by atoms with Gasteiger partial charge in [-0.1, -0.05) is 20.8 Å². The second-order valence-corrected chi connectivity index (χ2v) is 5.58. The van der Waals surface area contributed by atoms with Gasteiger partial charge in [0.25, 0.3) is 0 Å². The molecule has 0 radical (unpaired) electrons. The zero-order chi connectivity index (χ0) is 15.8. The third kappa shape index (κ3) is 7.73. The van der Waals surface area contributed by atoms with Gasteiger partial charge in [-0.15, -0.1) is 0 Å². The third-order valence-electron chi connectivity index (χ3n) is 2.60. The lowest BCUT2D eigenvalue weighted by Gasteiger charge is -2.17. The lowest BCUT2D eigenvalue weighted by molar-refractivity contribution is -0.142. The highest BCUT2D eigenvalue weighted by Crippen LogP contribution is 2.12. The summed E-state index contributed by atoms with van der Waals surface area (Å²) in [5, 5.41) is 22.5. The van der Waals surface area contributed by atoms with Crippen molar-refractivity contribution >= 4 is 17.8 Å². The van der Waals surface area contributed by atoms with Gasteiger partial charge in [-0.2, -0.15) is 0 Å². The number of carboxylic acids is 1. The topological polar surface area (TPSA) is 116 Å². The molecule has 0 aliphatic carbocycles. The van der Waals surface area contributed by atoms with Crippen molar-refractivity contribution in [2.75, 3.05) is 13.2 Å². The van der Waals surface area contributed by atoms with Gasteiger partial charge in [0.2, 0.25) is 11.8 Å². The first-order valence-corrected chi connectivity index (χ1v) is 6.59. The summed E-state index contributed by atoms with van der Waals surface area (Å²) in [7, 11) is 0. The Kier molecular flexibility index (Phi) is 7.83. The average Bonchev–Trinajstić information content (AvgIpc) is 2.32. The van der Waals surface area contributed by atoms with Crippen molar-refractivity contribution in [3.63, 3.8) is 0 Å². The van der Waals surface area contributed by atoms with E-state index in [-0.39, 0.29) is 25.4 Å². The molecule has 0 aromatic rings. The Hall–Kier alpha value is -1.63. The molecule has 0 unspecified atom stereocenters. The number of aliphatic hydroxyl groups excluding tert-OH is 1. The molecule has 0 spiro atoms. The maximum atomic E-state index is 11.5. The molecule has 0 saturated carbocycles. The molecular formula is C13H24N2O5. The van der Waals surface area contributed by atoms with Gasteiger partial charge in [-0.25, -0.2) is 4.79 Å². The summed E-state index contributed by atoms with van der Waals surface area (Å²) in [6, 6.07) is -1.07. The molecule has 4 N–H and O–H groups in total. The Morgan fingerprint density at radius 3 is 2.25 bits per heavy atom. The fourth-order valence-corrected chi connectivity index (χ4v) is 1.37. The maximum Gasteiger partial charge on any atom is 0.326 e. The predicted molar refractivity (Wildman–Crippen MR) is 73.0 cm³/mol. The number of carbonyl (C=O) groups is 3. The van der Waals surface area contributed by atoms with E-state index >= 15 is 0 Å². The van der Waals surface area contributed by atoms with Crippen LogP contribution in [-0.2, 0) is 14.4 Å². The highest BCUT2D eigenvalue weighted by Gasteiger charge is 2.21. The summed E-state index contributed by atoms with van der Waals surface area (Å²) >= 11 is 0. The van der Waals surface area contributed by atoms with E-state index in [9.17, 15) is 14.4 Å². The molecule has 20 heavy (non-hydrogen) atoms. The highest BCUT2D eigenvalue weighted by molar-refractivity contribution is 5.83. The molecule has 0 aromatic heterocycles. The van der Waals surface area contributed by atoms with E-state index in [0.29, 0.717) is 13.0 Å². The monoisotopic (exact) mass is 288 g/mol. The molecule has 0 heterocycles. The zero-order valence-corrected chi connectivity index (χ0v) is 12.2. The third-order valence-corrected chi connectivity index (χ3v) is 2.60. The average molecular weight is 288 g/mol. The molecular weight excluding hydrogens is 264 g/mol. The summed E-state index contributed by atoms with van der Waals surface area (Å²) in [5.41, 5.74) is -0.474. The Labute approximate surface area is 118 Å². The fourth-order valence-electron chi connectivity index (χ4n) is 1.37. The minimum Gasteiger partial charge on any atom is -0.480 e. The Balaban J connectivity index is 3.94. The van der Waals surface area contributed by atoms with E-state index < -0.39 is 23.3 Å². The van der Waals surface area contributed by atoms with Crippen LogP contribution in [0.1, 0.15) is 40.0 Å². The van der Waals surface area contributed by atoms with Crippen LogP contribution in [0.3, 0.4) is 0 Å². The number of hydrogen-bond donors (Lipinski definition) is 4. The van der Waals surface area contributed by atoms with Crippen molar-refractivity contribution in [1.82, 2.24) is 10.6 Å². The van der Waals surface area contributed by atoms with Crippen LogP contribution in [0, 0.1) is 5.41 Å². The van der Waals surface area contributed by atoms with Gasteiger partial charge in [0, 0.05) is 31.4 Å². The number of aliphatic carboxylic acids is 1. The van der Waals surface area contributed by atoms with Gasteiger partial charge in [-0.05, 0) is 6.42 Å². The quantitative estimate of drug-likeness (QED) is 0.465. The van der Waals surface area contributed by atoms with Crippen LogP contribution in [-0.4, -0.2) is 47.2 Å². The number of amides is 2. The van der Waals surface area contributed by atoms with Crippen LogP contribution in [0.2, 0.25) is 0 Å². The van der Waals surface area contributed by atoms with Crippen LogP contribution < -0.4 is 10.6 Å². The lowest BCUT2D eigenvalue weighted by atomic mass is 9.96. The number of aliphatic hydroxyl groups is 1. The smallest absolute Gasteiger partial charge is 0.326 e. The van der Waals surface area contributed by atoms with Crippen molar-refractivity contribution in [2.24, 2.45) is 5.41 Å². The summed E-state index contributed by atoms with van der Waals surface area (Å²) in [4.78, 5) is 33.8. The number of rotatable bonds is 8. The van der Waals surface area contributed by atoms with Crippen molar-refractivity contribution in [3.8, 4) is 0 Å². The van der Waals surface area contributed by atoms with Crippen molar-refractivity contribution in [1.29, 1.82) is 0 Å². The molecule has 0 fully saturated rings. The summed E-state index contributed by atoms with van der Waals surface area (Å²) in [5.74, 6) is -1.68. The van der Waals surface area contributed by atoms with E-state index in [4.69, 9.17) is 10.2 Å². The van der Waals surface area contributed by atoms with Gasteiger partial charge in [0.05, 0.1) is 0 Å². The van der Waals surface area contributed by atoms with Crippen molar-refractivity contribution in [2.45, 2.75) is 46.1 Å². The summed E-state index contributed by atoms with van der Waals surface area (Å²) in [6.07, 6.45) is 0.528. The minimum atomic E-state index is -1.17. The SMILES string of the molecule is CC(C)(C)C(=O)NCCCC(=O)N[C@@H](CCO)C(=O)O. The van der Waals surface area contributed by atoms with Crippen LogP contribution >= 0.6 is 0 Å². The molecule has 0 bridgehead atoms. The van der Waals surface area contributed by atoms with Crippen LogP contribution in [0.15, 0.2) is 0 Å². The highest BCUT2D eigenvalue weighted by atomic mass is 16.4. The molecule has 7 heteroatoms. The second-order valence-electron chi connectivity index (χ2n) is 5.58. The molecule has 116 valence electrons. The molecule has 7 nitrogen and oxygen atoms in total. The standard InChI is InChI=1S/C13H24N2O5/c1-13(2,3)12(20)14-7-4-5-10(17)15-9(6-8-16)11(18)19/h9,16H,4-8H2,1-3H3,(H,14,20)(H,15,17)(H,18,19)/t9-/m0/s1. The molecule has 0 aliphatic rings. The van der Waals surface area contributed by atoms with Crippen molar-refractivity contribution < 1.29 is 24.6 Å². The molecule has 1 atom stereocenters. The minimum absolute atomic E-state index is 0.0260. The Morgan fingerprint density at radius 1 is 1.20 bits per heavy atom. The number of nitrogens with one attached hydrogen (secondary N) is 2. The van der Waals surface area contributed by atoms with E-state index in [0.717, 1.165) is 0 Å². The van der Waals surface area contributed by atoms with Gasteiger partial charge >= 0.3 is 5.97 Å². The number of carbonyl (C=O) groups excluding carboxylic acids is 2. The van der Waals surface area contributed by atoms with E-state index in [1.807, 2.05) is 0 Å². The van der Waals surface area contributed by atoms with Crippen LogP contribution in [0.5, 0.6) is 0 Å². The first-order valence-electron chi connectivity index (χ1n) is 6.59. The Bertz CT molecular complexity index is 349. The first kappa shape index (κ1) is 18.4. The molecule has 0 aromatic carbocycles. The van der Waals surface area contributed by atoms with Gasteiger partial charge in [-0.3, -0.25) is 9.59 Å². The van der Waals surface area contributed by atoms with Gasteiger partial charge in [0.15, 0.2) is 0 Å². The first-order chi connectivity index (χ1) is 9.18. The fraction of sp³-hybridized carbons (Fsp3) is 0.769. The normalized spacial score (nSPS) is 12.6. The largest absolute Gasteiger partial charge is 0.480 e. The van der Waals surface area contributed by atoms with E-state index in [2.05, 4.69) is 10.6 Å². The van der Waals surface area contributed by atoms with Crippen molar-refractivity contribution in [3.05, 3.63) is 0 Å². The van der Waals surface area contributed by atoms with Crippen LogP contribution in [0.25, 0.3) is 0 Å². The number of hydrogen-bond acceptors (Lipinski definition) is 4. The van der Waals surface area contributed by atoms with Gasteiger partial charge < -0.3 is 20.8 Å². The summed E-state index contributed by atoms with van der Waals surface area (Å²) in [6.45, 7) is 5.43. The van der Waals surface area contributed by atoms with E-state index in [1.54, 1.807) is 20.8 Å². The lowest BCUT2D eigenvalue weighted by Crippen LogP contribution is -2.41. The molecule has 2 amide bonds. The molecule has 0 aliphatic heterocycles. The molecule has 0 saturated heterocycles.